The predicted molar refractivity (Wildman–Crippen MR) is 84.4 cm³/mol. The molecule has 1 heterocycles. The van der Waals surface area contributed by atoms with Gasteiger partial charge in [-0.1, -0.05) is 29.8 Å². The molecule has 0 spiro atoms. The van der Waals surface area contributed by atoms with E-state index in [-0.39, 0.29) is 0 Å². The van der Waals surface area contributed by atoms with Crippen molar-refractivity contribution in [3.8, 4) is 11.6 Å². The molecule has 20 heavy (non-hydrogen) atoms. The Morgan fingerprint density at radius 1 is 1.15 bits per heavy atom. The maximum atomic E-state index is 5.86. The lowest BCUT2D eigenvalue weighted by atomic mass is 10.2. The number of anilines is 1. The van der Waals surface area contributed by atoms with Crippen molar-refractivity contribution in [1.82, 2.24) is 9.97 Å². The lowest BCUT2D eigenvalue weighted by Gasteiger charge is -2.13. The van der Waals surface area contributed by atoms with E-state index in [2.05, 4.69) is 45.1 Å². The van der Waals surface area contributed by atoms with Crippen molar-refractivity contribution in [2.45, 2.75) is 26.7 Å². The largest absolute Gasteiger partial charge is 0.439 e. The van der Waals surface area contributed by atoms with Crippen molar-refractivity contribution in [3.63, 3.8) is 0 Å². The Kier molecular flexibility index (Phi) is 5.35. The molecule has 0 bridgehead atoms. The molecule has 4 nitrogen and oxygen atoms in total. The molecule has 106 valence electrons. The second-order valence-corrected chi connectivity index (χ2v) is 5.26. The zero-order valence-electron chi connectivity index (χ0n) is 11.7. The van der Waals surface area contributed by atoms with Crippen LogP contribution in [0.1, 0.15) is 25.8 Å². The van der Waals surface area contributed by atoms with Gasteiger partial charge in [0.05, 0.1) is 5.56 Å². The Labute approximate surface area is 127 Å². The van der Waals surface area contributed by atoms with E-state index in [1.54, 1.807) is 0 Å². The average molecular weight is 336 g/mol. The van der Waals surface area contributed by atoms with E-state index in [1.165, 1.54) is 6.33 Å². The fourth-order valence-corrected chi connectivity index (χ4v) is 2.08. The van der Waals surface area contributed by atoms with Gasteiger partial charge in [0.2, 0.25) is 5.88 Å². The number of rotatable bonds is 6. The minimum absolute atomic E-state index is 0.614. The van der Waals surface area contributed by atoms with E-state index in [0.29, 0.717) is 5.88 Å². The van der Waals surface area contributed by atoms with Gasteiger partial charge in [-0.15, -0.1) is 0 Å². The Hall–Kier alpha value is -1.62. The molecule has 1 aromatic heterocycles. The molecule has 0 amide bonds. The Morgan fingerprint density at radius 3 is 2.55 bits per heavy atom. The molecular formula is C15H18BrN3O. The summed E-state index contributed by atoms with van der Waals surface area (Å²) < 4.78 is 6.89. The first-order valence-corrected chi connectivity index (χ1v) is 7.55. The summed E-state index contributed by atoms with van der Waals surface area (Å²) in [6, 6.07) is 7.70. The minimum atomic E-state index is 0.614. The lowest BCUT2D eigenvalue weighted by Crippen LogP contribution is -2.07. The number of aromatic nitrogens is 2. The van der Waals surface area contributed by atoms with Crippen LogP contribution in [0.4, 0.5) is 5.82 Å². The van der Waals surface area contributed by atoms with Crippen LogP contribution < -0.4 is 10.1 Å². The molecule has 0 aliphatic heterocycles. The quantitative estimate of drug-likeness (QED) is 0.848. The summed E-state index contributed by atoms with van der Waals surface area (Å²) in [6.07, 6.45) is 3.40. The van der Waals surface area contributed by atoms with Crippen molar-refractivity contribution < 1.29 is 4.74 Å². The second-order valence-electron chi connectivity index (χ2n) is 4.34. The van der Waals surface area contributed by atoms with Crippen LogP contribution >= 0.6 is 15.9 Å². The number of nitrogens with zero attached hydrogens (tertiary/aromatic N) is 2. The lowest BCUT2D eigenvalue weighted by molar-refractivity contribution is 0.455. The zero-order chi connectivity index (χ0) is 14.4. The maximum absolute atomic E-state index is 5.86. The first-order chi connectivity index (χ1) is 9.74. The highest BCUT2D eigenvalue weighted by Crippen LogP contribution is 2.28. The van der Waals surface area contributed by atoms with E-state index in [9.17, 15) is 0 Å². The third-order valence-corrected chi connectivity index (χ3v) is 3.36. The van der Waals surface area contributed by atoms with Gasteiger partial charge < -0.3 is 10.1 Å². The van der Waals surface area contributed by atoms with Gasteiger partial charge in [0.1, 0.15) is 17.9 Å². The predicted octanol–water partition coefficient (Wildman–Crippen LogP) is 4.42. The highest BCUT2D eigenvalue weighted by atomic mass is 79.9. The summed E-state index contributed by atoms with van der Waals surface area (Å²) in [7, 11) is 0. The van der Waals surface area contributed by atoms with Crippen LogP contribution in [0.5, 0.6) is 11.6 Å². The van der Waals surface area contributed by atoms with Crippen LogP contribution in [0.3, 0.4) is 0 Å². The van der Waals surface area contributed by atoms with E-state index in [4.69, 9.17) is 4.74 Å². The van der Waals surface area contributed by atoms with Crippen molar-refractivity contribution in [2.75, 3.05) is 11.9 Å². The summed E-state index contributed by atoms with van der Waals surface area (Å²) in [4.78, 5) is 8.54. The van der Waals surface area contributed by atoms with Gasteiger partial charge in [-0.05, 0) is 37.1 Å². The monoisotopic (exact) mass is 335 g/mol. The molecule has 0 saturated carbocycles. The highest BCUT2D eigenvalue weighted by molar-refractivity contribution is 9.10. The molecule has 0 radical (unpaired) electrons. The molecule has 1 aromatic carbocycles. The van der Waals surface area contributed by atoms with Crippen LogP contribution in [0.2, 0.25) is 0 Å². The molecular weight excluding hydrogens is 318 g/mol. The highest BCUT2D eigenvalue weighted by Gasteiger charge is 2.11. The first kappa shape index (κ1) is 14.8. The smallest absolute Gasteiger partial charge is 0.227 e. The summed E-state index contributed by atoms with van der Waals surface area (Å²) >= 11 is 3.41. The zero-order valence-corrected chi connectivity index (χ0v) is 13.3. The summed E-state index contributed by atoms with van der Waals surface area (Å²) in [5.41, 5.74) is 1.00. The maximum Gasteiger partial charge on any atom is 0.227 e. The van der Waals surface area contributed by atoms with Crippen molar-refractivity contribution in [2.24, 2.45) is 0 Å². The van der Waals surface area contributed by atoms with Crippen LogP contribution in [-0.4, -0.2) is 16.5 Å². The molecule has 0 aliphatic carbocycles. The number of hydrogen-bond acceptors (Lipinski definition) is 4. The summed E-state index contributed by atoms with van der Waals surface area (Å²) in [5.74, 6) is 2.24. The minimum Gasteiger partial charge on any atom is -0.439 e. The fraction of sp³-hybridized carbons (Fsp3) is 0.333. The standard InChI is InChI=1S/C15H18BrN3O/c1-3-9-17-14-13(4-2)15(19-10-18-14)20-12-7-5-11(16)6-8-12/h5-8,10H,3-4,9H2,1-2H3,(H,17,18,19). The van der Waals surface area contributed by atoms with Crippen molar-refractivity contribution in [3.05, 3.63) is 40.6 Å². The van der Waals surface area contributed by atoms with Crippen LogP contribution in [-0.2, 0) is 6.42 Å². The van der Waals surface area contributed by atoms with Crippen LogP contribution in [0.15, 0.2) is 35.1 Å². The van der Waals surface area contributed by atoms with Crippen molar-refractivity contribution in [1.29, 1.82) is 0 Å². The van der Waals surface area contributed by atoms with Gasteiger partial charge >= 0.3 is 0 Å². The van der Waals surface area contributed by atoms with E-state index in [1.807, 2.05) is 24.3 Å². The van der Waals surface area contributed by atoms with Gasteiger partial charge in [0.25, 0.3) is 0 Å². The van der Waals surface area contributed by atoms with E-state index in [0.717, 1.165) is 41.0 Å². The first-order valence-electron chi connectivity index (χ1n) is 6.75. The Balaban J connectivity index is 2.24. The van der Waals surface area contributed by atoms with Crippen LogP contribution in [0.25, 0.3) is 0 Å². The second kappa shape index (κ2) is 7.24. The SMILES string of the molecule is CCCNc1ncnc(Oc2ccc(Br)cc2)c1CC. The molecule has 5 heteroatoms. The molecule has 0 saturated heterocycles. The number of hydrogen-bond donors (Lipinski definition) is 1. The molecule has 2 aromatic rings. The molecule has 1 N–H and O–H groups in total. The molecule has 0 fully saturated rings. The van der Waals surface area contributed by atoms with Gasteiger partial charge in [0, 0.05) is 11.0 Å². The molecule has 0 unspecified atom stereocenters. The number of halogens is 1. The summed E-state index contributed by atoms with van der Waals surface area (Å²) in [6.45, 7) is 5.09. The van der Waals surface area contributed by atoms with Gasteiger partial charge in [-0.2, -0.15) is 0 Å². The van der Waals surface area contributed by atoms with Crippen molar-refractivity contribution >= 4 is 21.7 Å². The third kappa shape index (κ3) is 3.70. The fourth-order valence-electron chi connectivity index (χ4n) is 1.81. The third-order valence-electron chi connectivity index (χ3n) is 2.83. The van der Waals surface area contributed by atoms with E-state index >= 15 is 0 Å². The van der Waals surface area contributed by atoms with Gasteiger partial charge in [-0.25, -0.2) is 9.97 Å². The number of benzene rings is 1. The molecule has 0 aliphatic rings. The molecule has 0 atom stereocenters. The normalized spacial score (nSPS) is 10.3. The number of nitrogens with one attached hydrogen (secondary N) is 1. The average Bonchev–Trinajstić information content (AvgIpc) is 2.47. The van der Waals surface area contributed by atoms with Gasteiger partial charge in [0.15, 0.2) is 0 Å². The Morgan fingerprint density at radius 2 is 1.90 bits per heavy atom. The van der Waals surface area contributed by atoms with Gasteiger partial charge in [-0.3, -0.25) is 0 Å². The van der Waals surface area contributed by atoms with Crippen LogP contribution in [0, 0.1) is 0 Å². The summed E-state index contributed by atoms with van der Waals surface area (Å²) in [5, 5.41) is 3.31. The topological polar surface area (TPSA) is 47.0 Å². The number of ether oxygens (including phenoxy) is 1. The molecule has 2 rings (SSSR count). The van der Waals surface area contributed by atoms with E-state index < -0.39 is 0 Å². The Bertz CT molecular complexity index is 558.